The van der Waals surface area contributed by atoms with E-state index in [1.54, 1.807) is 37.5 Å². The van der Waals surface area contributed by atoms with Gasteiger partial charge in [0.1, 0.15) is 17.1 Å². The van der Waals surface area contributed by atoms with E-state index >= 15 is 0 Å². The van der Waals surface area contributed by atoms with E-state index < -0.39 is 17.9 Å². The number of H-pyrrole nitrogens is 1. The van der Waals surface area contributed by atoms with Gasteiger partial charge in [-0.3, -0.25) is 10.1 Å². The van der Waals surface area contributed by atoms with Crippen molar-refractivity contribution in [1.82, 2.24) is 25.4 Å². The average Bonchev–Trinajstić information content (AvgIpc) is 3.03. The van der Waals surface area contributed by atoms with E-state index in [-0.39, 0.29) is 5.75 Å². The smallest absolute Gasteiger partial charge is 0.424 e. The minimum atomic E-state index is -4.57. The Morgan fingerprint density at radius 1 is 1.24 bits per heavy atom. The lowest BCUT2D eigenvalue weighted by Crippen LogP contribution is -2.08. The fraction of sp³-hybridized carbons (Fsp3) is 0.133. The highest BCUT2D eigenvalue weighted by atomic mass is 19.4. The number of aromatic nitrogens is 5. The number of hydrogen-bond acceptors (Lipinski definition) is 6. The van der Waals surface area contributed by atoms with Crippen LogP contribution < -0.4 is 4.74 Å². The fourth-order valence-electron chi connectivity index (χ4n) is 2.03. The zero-order chi connectivity index (χ0) is 17.9. The van der Waals surface area contributed by atoms with Gasteiger partial charge in [-0.2, -0.15) is 18.2 Å². The second-order valence-corrected chi connectivity index (χ2v) is 4.81. The normalized spacial score (nSPS) is 11.8. The van der Waals surface area contributed by atoms with Crippen LogP contribution in [0.15, 0.2) is 41.5 Å². The van der Waals surface area contributed by atoms with Crippen LogP contribution in [0.4, 0.5) is 13.2 Å². The van der Waals surface area contributed by atoms with Gasteiger partial charge in [0.15, 0.2) is 5.69 Å². The predicted octanol–water partition coefficient (Wildman–Crippen LogP) is 3.12. The van der Waals surface area contributed by atoms with Crippen LogP contribution in [-0.4, -0.2) is 38.6 Å². The number of nitrogens with one attached hydrogen (secondary N) is 1. The molecular weight excluding hydrogens is 337 g/mol. The van der Waals surface area contributed by atoms with E-state index in [1.165, 1.54) is 0 Å². The standard InChI is InChI=1S/C15H11F3N6O/c1-19-8-11-13(23-24-22-11)9-3-2-4-10(7-9)25-14-20-6-5-12(21-14)15(16,17)18/h2-8H,1H3,(H,22,23,24)/b19-8+. The molecule has 1 N–H and O–H groups in total. The van der Waals surface area contributed by atoms with Crippen molar-refractivity contribution in [2.75, 3.05) is 7.05 Å². The highest BCUT2D eigenvalue weighted by Crippen LogP contribution is 2.30. The number of aliphatic imine (C=N–C) groups is 1. The number of halogens is 3. The van der Waals surface area contributed by atoms with Gasteiger partial charge in [-0.25, -0.2) is 4.98 Å². The Morgan fingerprint density at radius 2 is 2.08 bits per heavy atom. The first-order valence-corrected chi connectivity index (χ1v) is 6.99. The summed E-state index contributed by atoms with van der Waals surface area (Å²) in [4.78, 5) is 11.0. The highest BCUT2D eigenvalue weighted by Gasteiger charge is 2.33. The van der Waals surface area contributed by atoms with Crippen LogP contribution in [0.3, 0.4) is 0 Å². The van der Waals surface area contributed by atoms with Gasteiger partial charge >= 0.3 is 12.2 Å². The molecule has 0 aliphatic carbocycles. The van der Waals surface area contributed by atoms with Gasteiger partial charge in [-0.05, 0) is 18.2 Å². The monoisotopic (exact) mass is 348 g/mol. The van der Waals surface area contributed by atoms with Crippen LogP contribution >= 0.6 is 0 Å². The van der Waals surface area contributed by atoms with Crippen molar-refractivity contribution in [1.29, 1.82) is 0 Å². The molecule has 10 heteroatoms. The second-order valence-electron chi connectivity index (χ2n) is 4.81. The molecule has 0 fully saturated rings. The third kappa shape index (κ3) is 3.79. The first-order valence-electron chi connectivity index (χ1n) is 6.99. The lowest BCUT2D eigenvalue weighted by Gasteiger charge is -2.08. The van der Waals surface area contributed by atoms with E-state index in [0.717, 1.165) is 12.3 Å². The highest BCUT2D eigenvalue weighted by molar-refractivity contribution is 5.86. The molecule has 0 spiro atoms. The summed E-state index contributed by atoms with van der Waals surface area (Å²) in [5.74, 6) is 0.263. The maximum Gasteiger partial charge on any atom is 0.433 e. The summed E-state index contributed by atoms with van der Waals surface area (Å²) in [7, 11) is 1.61. The van der Waals surface area contributed by atoms with E-state index in [4.69, 9.17) is 4.74 Å². The van der Waals surface area contributed by atoms with Gasteiger partial charge in [0, 0.05) is 25.0 Å². The Kier molecular flexibility index (Phi) is 4.42. The Hall–Kier alpha value is -3.30. The summed E-state index contributed by atoms with van der Waals surface area (Å²) in [6.07, 6.45) is -2.03. The van der Waals surface area contributed by atoms with Gasteiger partial charge < -0.3 is 4.74 Å². The van der Waals surface area contributed by atoms with E-state index in [1.807, 2.05) is 0 Å². The number of nitrogens with zero attached hydrogens (tertiary/aromatic N) is 5. The fourth-order valence-corrected chi connectivity index (χ4v) is 2.03. The quantitative estimate of drug-likeness (QED) is 0.732. The number of aromatic amines is 1. The van der Waals surface area contributed by atoms with Gasteiger partial charge in [0.2, 0.25) is 0 Å². The van der Waals surface area contributed by atoms with E-state index in [2.05, 4.69) is 30.4 Å². The minimum Gasteiger partial charge on any atom is -0.424 e. The molecular formula is C15H11F3N6O. The number of rotatable bonds is 4. The summed E-state index contributed by atoms with van der Waals surface area (Å²) in [5.41, 5.74) is 0.690. The third-order valence-corrected chi connectivity index (χ3v) is 3.07. The zero-order valence-corrected chi connectivity index (χ0v) is 12.8. The summed E-state index contributed by atoms with van der Waals surface area (Å²) in [6.45, 7) is 0. The van der Waals surface area contributed by atoms with Gasteiger partial charge in [0.05, 0.1) is 0 Å². The maximum absolute atomic E-state index is 12.7. The molecule has 0 saturated carbocycles. The predicted molar refractivity (Wildman–Crippen MR) is 82.4 cm³/mol. The number of hydrogen-bond donors (Lipinski definition) is 1. The molecule has 3 rings (SSSR count). The largest absolute Gasteiger partial charge is 0.433 e. The molecule has 0 atom stereocenters. The number of benzene rings is 1. The Balaban J connectivity index is 1.89. The van der Waals surface area contributed by atoms with Gasteiger partial charge in [-0.15, -0.1) is 5.10 Å². The lowest BCUT2D eigenvalue weighted by atomic mass is 10.1. The molecule has 25 heavy (non-hydrogen) atoms. The molecule has 3 aromatic rings. The van der Waals surface area contributed by atoms with Crippen LogP contribution in [0.25, 0.3) is 11.3 Å². The summed E-state index contributed by atoms with van der Waals surface area (Å²) in [6, 6.07) is 6.96. The molecule has 2 heterocycles. The number of alkyl halides is 3. The minimum absolute atomic E-state index is 0.263. The summed E-state index contributed by atoms with van der Waals surface area (Å²) >= 11 is 0. The Labute approximate surface area is 139 Å². The van der Waals surface area contributed by atoms with Gasteiger partial charge in [0.25, 0.3) is 0 Å². The SMILES string of the molecule is C/N=C/c1[nH]nnc1-c1cccc(Oc2nccc(C(F)(F)F)n2)c1. The molecule has 0 radical (unpaired) electrons. The zero-order valence-electron chi connectivity index (χ0n) is 12.8. The topological polar surface area (TPSA) is 88.9 Å². The maximum atomic E-state index is 12.7. The van der Waals surface area contributed by atoms with Crippen molar-refractivity contribution < 1.29 is 17.9 Å². The molecule has 0 amide bonds. The van der Waals surface area contributed by atoms with Gasteiger partial charge in [-0.1, -0.05) is 17.3 Å². The molecule has 128 valence electrons. The van der Waals surface area contributed by atoms with Crippen LogP contribution in [0.1, 0.15) is 11.4 Å². The van der Waals surface area contributed by atoms with E-state index in [0.29, 0.717) is 17.0 Å². The molecule has 0 bridgehead atoms. The van der Waals surface area contributed by atoms with Crippen molar-refractivity contribution in [3.8, 4) is 23.0 Å². The Morgan fingerprint density at radius 3 is 2.84 bits per heavy atom. The molecule has 1 aromatic carbocycles. The molecule has 0 unspecified atom stereocenters. The molecule has 0 aliphatic rings. The van der Waals surface area contributed by atoms with Crippen LogP contribution in [-0.2, 0) is 6.18 Å². The lowest BCUT2D eigenvalue weighted by molar-refractivity contribution is -0.141. The molecule has 0 aliphatic heterocycles. The molecule has 0 saturated heterocycles. The van der Waals surface area contributed by atoms with Crippen LogP contribution in [0.2, 0.25) is 0 Å². The van der Waals surface area contributed by atoms with Crippen molar-refractivity contribution >= 4 is 6.21 Å². The van der Waals surface area contributed by atoms with Crippen LogP contribution in [0, 0.1) is 0 Å². The number of ether oxygens (including phenoxy) is 1. The van der Waals surface area contributed by atoms with Crippen LogP contribution in [0.5, 0.6) is 11.8 Å². The van der Waals surface area contributed by atoms with Crippen molar-refractivity contribution in [3.05, 3.63) is 47.9 Å². The average molecular weight is 348 g/mol. The first-order chi connectivity index (χ1) is 12.0. The second kappa shape index (κ2) is 6.67. The Bertz CT molecular complexity index is 906. The van der Waals surface area contributed by atoms with Crippen molar-refractivity contribution in [2.24, 2.45) is 4.99 Å². The molecule has 2 aromatic heterocycles. The summed E-state index contributed by atoms with van der Waals surface area (Å²) < 4.78 is 43.4. The van der Waals surface area contributed by atoms with Crippen molar-refractivity contribution in [3.63, 3.8) is 0 Å². The third-order valence-electron chi connectivity index (χ3n) is 3.07. The summed E-state index contributed by atoms with van der Waals surface area (Å²) in [5, 5.41) is 10.4. The van der Waals surface area contributed by atoms with Crippen molar-refractivity contribution in [2.45, 2.75) is 6.18 Å². The molecule has 7 nitrogen and oxygen atoms in total. The van der Waals surface area contributed by atoms with E-state index in [9.17, 15) is 13.2 Å². The first kappa shape index (κ1) is 16.6.